The fraction of sp³-hybridized carbons (Fsp3) is 0.250. The topological polar surface area (TPSA) is 124 Å². The molecule has 164 valence electrons. The smallest absolute Gasteiger partial charge is 0.347 e. The van der Waals surface area contributed by atoms with Crippen molar-refractivity contribution in [3.8, 4) is 23.0 Å². The molecule has 7 nitrogen and oxygen atoms in total. The summed E-state index contributed by atoms with van der Waals surface area (Å²) in [4.78, 5) is 24.7. The van der Waals surface area contributed by atoms with Gasteiger partial charge in [-0.05, 0) is 75.9 Å². The Labute approximate surface area is 180 Å². The van der Waals surface area contributed by atoms with E-state index in [1.807, 2.05) is 0 Å². The van der Waals surface area contributed by atoms with Gasteiger partial charge in [-0.15, -0.1) is 0 Å². The van der Waals surface area contributed by atoms with Gasteiger partial charge in [-0.1, -0.05) is 12.2 Å². The van der Waals surface area contributed by atoms with Crippen LogP contribution in [-0.2, 0) is 0 Å². The van der Waals surface area contributed by atoms with Crippen LogP contribution in [0, 0.1) is 13.8 Å². The van der Waals surface area contributed by atoms with E-state index < -0.39 is 23.4 Å². The first-order chi connectivity index (χ1) is 14.5. The van der Waals surface area contributed by atoms with E-state index in [2.05, 4.69) is 0 Å². The van der Waals surface area contributed by atoms with Crippen LogP contribution in [0.4, 0.5) is 0 Å². The average molecular weight is 426 g/mol. The number of esters is 1. The first-order valence-corrected chi connectivity index (χ1v) is 9.60. The highest BCUT2D eigenvalue weighted by Gasteiger charge is 2.27. The molecule has 2 rings (SSSR count). The molecule has 0 spiro atoms. The first kappa shape index (κ1) is 23.5. The van der Waals surface area contributed by atoms with Gasteiger partial charge in [0.05, 0.1) is 0 Å². The Bertz CT molecular complexity index is 1140. The van der Waals surface area contributed by atoms with Gasteiger partial charge in [-0.3, -0.25) is 0 Å². The number of phenolic OH excluding ortho intramolecular Hbond substituents is 2. The van der Waals surface area contributed by atoms with Crippen molar-refractivity contribution in [3.63, 3.8) is 0 Å². The van der Waals surface area contributed by atoms with Crippen molar-refractivity contribution in [1.29, 1.82) is 0 Å². The number of allylic oxidation sites excluding steroid dienone is 4. The fourth-order valence-corrected chi connectivity index (χ4v) is 3.11. The summed E-state index contributed by atoms with van der Waals surface area (Å²) in [5.41, 5.74) is 1.45. The third kappa shape index (κ3) is 4.26. The Hall–Kier alpha value is -3.74. The molecule has 0 aliphatic carbocycles. The lowest BCUT2D eigenvalue weighted by molar-refractivity contribution is 0.0692. The molecular formula is C24H26O7. The molecule has 0 unspecified atom stereocenters. The summed E-state index contributed by atoms with van der Waals surface area (Å²) in [5.74, 6) is -3.37. The number of phenols is 3. The monoisotopic (exact) mass is 426 g/mol. The number of carboxylic acids is 1. The Kier molecular flexibility index (Phi) is 6.80. The highest BCUT2D eigenvalue weighted by molar-refractivity contribution is 6.01. The number of carboxylic acid groups (broad SMARTS) is 1. The van der Waals surface area contributed by atoms with Gasteiger partial charge in [-0.25, -0.2) is 9.59 Å². The summed E-state index contributed by atoms with van der Waals surface area (Å²) < 4.78 is 5.51. The number of carbonyl (C=O) groups excluding carboxylic acids is 1. The maximum atomic E-state index is 13.1. The second-order valence-electron chi connectivity index (χ2n) is 7.20. The molecule has 31 heavy (non-hydrogen) atoms. The van der Waals surface area contributed by atoms with Crippen LogP contribution in [0.25, 0.3) is 11.1 Å². The maximum Gasteiger partial charge on any atom is 0.347 e. The van der Waals surface area contributed by atoms with Gasteiger partial charge in [0.15, 0.2) is 0 Å². The minimum atomic E-state index is -1.31. The summed E-state index contributed by atoms with van der Waals surface area (Å²) in [6.45, 7) is 9.74. The van der Waals surface area contributed by atoms with Crippen LogP contribution >= 0.6 is 0 Å². The number of aromatic hydroxyl groups is 3. The molecule has 0 atom stereocenters. The molecule has 0 radical (unpaired) electrons. The van der Waals surface area contributed by atoms with Crippen LogP contribution in [0.2, 0.25) is 0 Å². The van der Waals surface area contributed by atoms with E-state index in [-0.39, 0.29) is 39.3 Å². The molecule has 0 saturated carbocycles. The Morgan fingerprint density at radius 3 is 1.81 bits per heavy atom. The zero-order chi connectivity index (χ0) is 23.6. The van der Waals surface area contributed by atoms with E-state index in [4.69, 9.17) is 4.74 Å². The standard InChI is InChI=1S/C24H26O7/c1-7-11(3)15-9-17(25)13(5)21(26)20(15)24(30)31-18-10-16(12(4)8-2)19(23(28)29)22(27)14(18)6/h7-10,25-27H,1-6H3,(H,28,29)/b11-7+,12-8+. The van der Waals surface area contributed by atoms with E-state index in [0.717, 1.165) is 0 Å². The summed E-state index contributed by atoms with van der Waals surface area (Å²) in [7, 11) is 0. The minimum absolute atomic E-state index is 0.0436. The van der Waals surface area contributed by atoms with Gasteiger partial charge in [0.2, 0.25) is 0 Å². The molecule has 0 bridgehead atoms. The van der Waals surface area contributed by atoms with E-state index >= 15 is 0 Å². The van der Waals surface area contributed by atoms with Crippen LogP contribution in [0.5, 0.6) is 23.0 Å². The number of ether oxygens (including phenoxy) is 1. The minimum Gasteiger partial charge on any atom is -0.508 e. The van der Waals surface area contributed by atoms with Crippen molar-refractivity contribution in [2.45, 2.75) is 41.5 Å². The quantitative estimate of drug-likeness (QED) is 0.383. The largest absolute Gasteiger partial charge is 0.508 e. The lowest BCUT2D eigenvalue weighted by atomic mass is 9.95. The molecule has 4 N–H and O–H groups in total. The summed E-state index contributed by atoms with van der Waals surface area (Å²) in [6, 6.07) is 2.74. The predicted octanol–water partition coefficient (Wildman–Crippen LogP) is 5.18. The average Bonchev–Trinajstić information content (AvgIpc) is 2.72. The SMILES string of the molecule is C/C=C(\C)c1cc(O)c(C)c(O)c1C(=O)Oc1cc(/C(C)=C/C)c(C(=O)O)c(O)c1C. The summed E-state index contributed by atoms with van der Waals surface area (Å²) in [6.07, 6.45) is 3.39. The normalized spacial score (nSPS) is 12.1. The van der Waals surface area contributed by atoms with Gasteiger partial charge in [0, 0.05) is 11.1 Å². The molecule has 0 heterocycles. The molecule has 0 aromatic heterocycles. The number of aromatic carboxylic acids is 1. The third-order valence-corrected chi connectivity index (χ3v) is 5.37. The van der Waals surface area contributed by atoms with E-state index in [1.165, 1.54) is 26.0 Å². The van der Waals surface area contributed by atoms with Crippen molar-refractivity contribution < 1.29 is 34.8 Å². The first-order valence-electron chi connectivity index (χ1n) is 9.60. The van der Waals surface area contributed by atoms with E-state index in [9.17, 15) is 30.0 Å². The Balaban J connectivity index is 2.71. The van der Waals surface area contributed by atoms with Gasteiger partial charge in [-0.2, -0.15) is 0 Å². The van der Waals surface area contributed by atoms with Crippen molar-refractivity contribution in [3.05, 3.63) is 57.7 Å². The molecule has 0 amide bonds. The van der Waals surface area contributed by atoms with Gasteiger partial charge < -0.3 is 25.2 Å². The Morgan fingerprint density at radius 2 is 1.32 bits per heavy atom. The third-order valence-electron chi connectivity index (χ3n) is 5.37. The maximum absolute atomic E-state index is 13.1. The van der Waals surface area contributed by atoms with Gasteiger partial charge in [0.1, 0.15) is 34.1 Å². The predicted molar refractivity (Wildman–Crippen MR) is 118 cm³/mol. The summed E-state index contributed by atoms with van der Waals surface area (Å²) in [5, 5.41) is 40.6. The zero-order valence-corrected chi connectivity index (χ0v) is 18.3. The number of hydrogen-bond acceptors (Lipinski definition) is 6. The van der Waals surface area contributed by atoms with Crippen molar-refractivity contribution in [2.75, 3.05) is 0 Å². The van der Waals surface area contributed by atoms with E-state index in [0.29, 0.717) is 16.7 Å². The molecule has 7 heteroatoms. The molecule has 0 aliphatic rings. The molecule has 0 fully saturated rings. The second-order valence-corrected chi connectivity index (χ2v) is 7.20. The van der Waals surface area contributed by atoms with Crippen molar-refractivity contribution in [2.24, 2.45) is 0 Å². The molecule has 0 aliphatic heterocycles. The van der Waals surface area contributed by atoms with Crippen LogP contribution < -0.4 is 4.74 Å². The van der Waals surface area contributed by atoms with Crippen LogP contribution in [0.1, 0.15) is 70.7 Å². The highest BCUT2D eigenvalue weighted by atomic mass is 16.5. The Morgan fingerprint density at radius 1 is 0.839 bits per heavy atom. The fourth-order valence-electron chi connectivity index (χ4n) is 3.11. The van der Waals surface area contributed by atoms with Gasteiger partial charge in [0.25, 0.3) is 0 Å². The van der Waals surface area contributed by atoms with Crippen LogP contribution in [0.3, 0.4) is 0 Å². The lowest BCUT2D eigenvalue weighted by Gasteiger charge is -2.18. The summed E-state index contributed by atoms with van der Waals surface area (Å²) >= 11 is 0. The second kappa shape index (κ2) is 8.95. The molecule has 0 saturated heterocycles. The van der Waals surface area contributed by atoms with Crippen LogP contribution in [-0.4, -0.2) is 32.4 Å². The molecular weight excluding hydrogens is 400 g/mol. The number of rotatable bonds is 5. The zero-order valence-electron chi connectivity index (χ0n) is 18.3. The number of hydrogen-bond donors (Lipinski definition) is 4. The lowest BCUT2D eigenvalue weighted by Crippen LogP contribution is -2.14. The van der Waals surface area contributed by atoms with E-state index in [1.54, 1.807) is 39.8 Å². The number of carbonyl (C=O) groups is 2. The van der Waals surface area contributed by atoms with Crippen molar-refractivity contribution >= 4 is 23.1 Å². The molecule has 2 aromatic carbocycles. The van der Waals surface area contributed by atoms with Gasteiger partial charge >= 0.3 is 11.9 Å². The van der Waals surface area contributed by atoms with Crippen LogP contribution in [0.15, 0.2) is 24.3 Å². The molecule has 2 aromatic rings. The van der Waals surface area contributed by atoms with Crippen molar-refractivity contribution in [1.82, 2.24) is 0 Å². The number of benzene rings is 2. The highest BCUT2D eigenvalue weighted by Crippen LogP contribution is 2.40.